The Morgan fingerprint density at radius 1 is 1.29 bits per heavy atom. The van der Waals surface area contributed by atoms with Gasteiger partial charge in [-0.3, -0.25) is 0 Å². The zero-order valence-corrected chi connectivity index (χ0v) is 11.7. The van der Waals surface area contributed by atoms with E-state index in [4.69, 9.17) is 11.6 Å². The van der Waals surface area contributed by atoms with Crippen molar-refractivity contribution >= 4 is 22.9 Å². The van der Waals surface area contributed by atoms with E-state index in [2.05, 4.69) is 43.1 Å². The number of aromatic nitrogens is 1. The quantitative estimate of drug-likeness (QED) is 0.704. The van der Waals surface area contributed by atoms with Crippen molar-refractivity contribution in [2.75, 3.05) is 0 Å². The molecule has 17 heavy (non-hydrogen) atoms. The largest absolute Gasteiger partial charge is 0.240 e. The first-order chi connectivity index (χ1) is 8.24. The van der Waals surface area contributed by atoms with Crippen molar-refractivity contribution in [2.45, 2.75) is 32.1 Å². The molecule has 3 heteroatoms. The van der Waals surface area contributed by atoms with Gasteiger partial charge in [-0.1, -0.05) is 38.1 Å². The topological polar surface area (TPSA) is 12.9 Å². The molecule has 0 aliphatic carbocycles. The molecule has 0 fully saturated rings. The minimum absolute atomic E-state index is 0.488. The van der Waals surface area contributed by atoms with Gasteiger partial charge in [0, 0.05) is 10.9 Å². The highest BCUT2D eigenvalue weighted by molar-refractivity contribution is 7.13. The van der Waals surface area contributed by atoms with Crippen molar-refractivity contribution in [3.05, 3.63) is 40.9 Å². The molecule has 1 heterocycles. The molecule has 0 saturated carbocycles. The number of benzene rings is 1. The molecule has 90 valence electrons. The first-order valence-corrected chi connectivity index (χ1v) is 7.26. The first-order valence-electron chi connectivity index (χ1n) is 5.85. The monoisotopic (exact) mass is 265 g/mol. The molecule has 0 aliphatic heterocycles. The van der Waals surface area contributed by atoms with Crippen molar-refractivity contribution in [1.82, 2.24) is 4.98 Å². The number of hydrogen-bond acceptors (Lipinski definition) is 2. The van der Waals surface area contributed by atoms with E-state index in [9.17, 15) is 0 Å². The summed E-state index contributed by atoms with van der Waals surface area (Å²) in [6, 6.07) is 8.70. The van der Waals surface area contributed by atoms with E-state index in [0.717, 1.165) is 10.7 Å². The first kappa shape index (κ1) is 12.6. The molecule has 0 saturated heterocycles. The van der Waals surface area contributed by atoms with Gasteiger partial charge in [0.2, 0.25) is 0 Å². The number of nitrogens with zero attached hydrogens (tertiary/aromatic N) is 1. The maximum Gasteiger partial charge on any atom is 0.123 e. The molecular weight excluding hydrogens is 250 g/mol. The van der Waals surface area contributed by atoms with Crippen LogP contribution in [0.5, 0.6) is 0 Å². The van der Waals surface area contributed by atoms with Gasteiger partial charge in [-0.05, 0) is 17.9 Å². The fraction of sp³-hybridized carbons (Fsp3) is 0.357. The van der Waals surface area contributed by atoms with E-state index in [-0.39, 0.29) is 0 Å². The van der Waals surface area contributed by atoms with Gasteiger partial charge in [-0.15, -0.1) is 22.9 Å². The number of thiazole rings is 1. The molecule has 1 aromatic carbocycles. The lowest BCUT2D eigenvalue weighted by Crippen LogP contribution is -1.90. The predicted molar refractivity (Wildman–Crippen MR) is 75.8 cm³/mol. The third-order valence-electron chi connectivity index (χ3n) is 3.03. The van der Waals surface area contributed by atoms with Crippen LogP contribution in [0, 0.1) is 0 Å². The molecule has 0 N–H and O–H groups in total. The molecule has 2 rings (SSSR count). The summed E-state index contributed by atoms with van der Waals surface area (Å²) in [4.78, 5) is 4.48. The summed E-state index contributed by atoms with van der Waals surface area (Å²) in [5.41, 5.74) is 3.53. The molecule has 1 unspecified atom stereocenters. The number of rotatable bonds is 4. The van der Waals surface area contributed by atoms with Crippen molar-refractivity contribution in [1.29, 1.82) is 0 Å². The van der Waals surface area contributed by atoms with Crippen LogP contribution in [0.3, 0.4) is 0 Å². The van der Waals surface area contributed by atoms with Crippen molar-refractivity contribution < 1.29 is 0 Å². The molecule has 0 spiro atoms. The third kappa shape index (κ3) is 2.88. The lowest BCUT2D eigenvalue weighted by atomic mass is 9.98. The van der Waals surface area contributed by atoms with Crippen LogP contribution < -0.4 is 0 Å². The number of alkyl halides is 1. The Bertz CT molecular complexity index is 475. The molecule has 0 bridgehead atoms. The van der Waals surface area contributed by atoms with Gasteiger partial charge in [-0.25, -0.2) is 4.98 Å². The highest BCUT2D eigenvalue weighted by atomic mass is 35.5. The van der Waals surface area contributed by atoms with Crippen LogP contribution >= 0.6 is 22.9 Å². The molecule has 1 nitrogen and oxygen atoms in total. The summed E-state index contributed by atoms with van der Waals surface area (Å²) in [5, 5.41) is 3.07. The van der Waals surface area contributed by atoms with Crippen LogP contribution in [0.1, 0.15) is 37.4 Å². The third-order valence-corrected chi connectivity index (χ3v) is 4.24. The summed E-state index contributed by atoms with van der Waals surface area (Å²) in [6.07, 6.45) is 1.17. The van der Waals surface area contributed by atoms with E-state index in [1.807, 2.05) is 5.38 Å². The smallest absolute Gasteiger partial charge is 0.123 e. The summed E-state index contributed by atoms with van der Waals surface area (Å²) in [5.74, 6) is 1.11. The molecule has 0 amide bonds. The summed E-state index contributed by atoms with van der Waals surface area (Å²) in [6.45, 7) is 4.47. The molecule has 1 atom stereocenters. The SMILES string of the molecule is CCC(C)c1ccc(-c2nc(CCl)cs2)cc1. The van der Waals surface area contributed by atoms with E-state index in [0.29, 0.717) is 11.8 Å². The van der Waals surface area contributed by atoms with Gasteiger partial charge in [0.15, 0.2) is 0 Å². The minimum Gasteiger partial charge on any atom is -0.240 e. The minimum atomic E-state index is 0.488. The van der Waals surface area contributed by atoms with Gasteiger partial charge in [0.1, 0.15) is 5.01 Å². The average molecular weight is 266 g/mol. The number of hydrogen-bond donors (Lipinski definition) is 0. The second kappa shape index (κ2) is 5.65. The molecule has 2 aromatic rings. The molecular formula is C14H16ClNS. The molecule has 0 aliphatic rings. The fourth-order valence-electron chi connectivity index (χ4n) is 1.69. The summed E-state index contributed by atoms with van der Waals surface area (Å²) >= 11 is 7.41. The maximum atomic E-state index is 5.76. The van der Waals surface area contributed by atoms with Gasteiger partial charge in [-0.2, -0.15) is 0 Å². The second-order valence-corrected chi connectivity index (χ2v) is 5.33. The van der Waals surface area contributed by atoms with Crippen LogP contribution in [0.4, 0.5) is 0 Å². The van der Waals surface area contributed by atoms with Crippen LogP contribution in [0.2, 0.25) is 0 Å². The van der Waals surface area contributed by atoms with Crippen LogP contribution in [-0.2, 0) is 5.88 Å². The van der Waals surface area contributed by atoms with Crippen LogP contribution in [0.25, 0.3) is 10.6 Å². The van der Waals surface area contributed by atoms with E-state index in [1.54, 1.807) is 11.3 Å². The Kier molecular flexibility index (Phi) is 4.19. The Labute approximate surface area is 111 Å². The highest BCUT2D eigenvalue weighted by Gasteiger charge is 2.06. The molecule has 0 radical (unpaired) electrons. The normalized spacial score (nSPS) is 12.6. The standard InChI is InChI=1S/C14H16ClNS/c1-3-10(2)11-4-6-12(7-5-11)14-16-13(8-15)9-17-14/h4-7,9-10H,3,8H2,1-2H3. The maximum absolute atomic E-state index is 5.76. The van der Waals surface area contributed by atoms with Gasteiger partial charge in [0.25, 0.3) is 0 Å². The Morgan fingerprint density at radius 3 is 2.53 bits per heavy atom. The zero-order chi connectivity index (χ0) is 12.3. The Balaban J connectivity index is 2.22. The zero-order valence-electron chi connectivity index (χ0n) is 10.1. The van der Waals surface area contributed by atoms with E-state index in [1.165, 1.54) is 17.5 Å². The van der Waals surface area contributed by atoms with Crippen molar-refractivity contribution in [2.24, 2.45) is 0 Å². The average Bonchev–Trinajstić information content (AvgIpc) is 2.87. The Hall–Kier alpha value is -0.860. The van der Waals surface area contributed by atoms with E-state index < -0.39 is 0 Å². The lowest BCUT2D eigenvalue weighted by molar-refractivity contribution is 0.734. The predicted octanol–water partition coefficient (Wildman–Crippen LogP) is 5.06. The molecule has 1 aromatic heterocycles. The second-order valence-electron chi connectivity index (χ2n) is 4.21. The van der Waals surface area contributed by atoms with Gasteiger partial charge in [0.05, 0.1) is 11.6 Å². The van der Waals surface area contributed by atoms with Crippen LogP contribution in [-0.4, -0.2) is 4.98 Å². The lowest BCUT2D eigenvalue weighted by Gasteiger charge is -2.08. The summed E-state index contributed by atoms with van der Waals surface area (Å²) in [7, 11) is 0. The van der Waals surface area contributed by atoms with Gasteiger partial charge < -0.3 is 0 Å². The van der Waals surface area contributed by atoms with Crippen molar-refractivity contribution in [3.8, 4) is 10.6 Å². The van der Waals surface area contributed by atoms with Crippen LogP contribution in [0.15, 0.2) is 29.6 Å². The summed E-state index contributed by atoms with van der Waals surface area (Å²) < 4.78 is 0. The Morgan fingerprint density at radius 2 is 2.00 bits per heavy atom. The fourth-order valence-corrected chi connectivity index (χ4v) is 2.75. The van der Waals surface area contributed by atoms with Gasteiger partial charge >= 0.3 is 0 Å². The van der Waals surface area contributed by atoms with Crippen molar-refractivity contribution in [3.63, 3.8) is 0 Å². The van der Waals surface area contributed by atoms with E-state index >= 15 is 0 Å². The number of halogens is 1. The highest BCUT2D eigenvalue weighted by Crippen LogP contribution is 2.27.